The van der Waals surface area contributed by atoms with Crippen LogP contribution in [-0.2, 0) is 6.54 Å². The van der Waals surface area contributed by atoms with Crippen LogP contribution in [0.3, 0.4) is 0 Å². The maximum Gasteiger partial charge on any atom is 0.267 e. The molecule has 1 aromatic heterocycles. The number of thioether (sulfide) groups is 1. The summed E-state index contributed by atoms with van der Waals surface area (Å²) in [6.45, 7) is 2.30. The summed E-state index contributed by atoms with van der Waals surface area (Å²) in [4.78, 5) is 28.1. The van der Waals surface area contributed by atoms with E-state index in [2.05, 4.69) is 10.3 Å². The van der Waals surface area contributed by atoms with E-state index in [0.29, 0.717) is 18.1 Å². The molecule has 1 amide bonds. The average Bonchev–Trinajstić information content (AvgIpc) is 2.85. The number of carbonyl (C=O) groups is 1. The number of nitrogens with zero attached hydrogens (tertiary/aromatic N) is 2. The molecular formula is C11H15N3O3S. The molecule has 0 bridgehead atoms. The lowest BCUT2D eigenvalue weighted by molar-refractivity contribution is 0.0912. The number of hydrogen-bond acceptors (Lipinski definition) is 5. The van der Waals surface area contributed by atoms with Gasteiger partial charge in [-0.1, -0.05) is 18.7 Å². The van der Waals surface area contributed by atoms with Gasteiger partial charge >= 0.3 is 0 Å². The second kappa shape index (κ2) is 5.53. The van der Waals surface area contributed by atoms with E-state index >= 15 is 0 Å². The summed E-state index contributed by atoms with van der Waals surface area (Å²) in [6.07, 6.45) is 1.92. The molecule has 6 nitrogen and oxygen atoms in total. The first-order valence-corrected chi connectivity index (χ1v) is 6.80. The maximum absolute atomic E-state index is 12.0. The number of aliphatic hydroxyl groups excluding tert-OH is 1. The summed E-state index contributed by atoms with van der Waals surface area (Å²) in [5.41, 5.74) is -0.275. The van der Waals surface area contributed by atoms with Gasteiger partial charge in [-0.05, 0) is 6.42 Å². The van der Waals surface area contributed by atoms with Crippen LogP contribution in [0.2, 0.25) is 0 Å². The lowest BCUT2D eigenvalue weighted by atomic mass is 10.2. The van der Waals surface area contributed by atoms with Crippen molar-refractivity contribution in [2.45, 2.75) is 31.1 Å². The average molecular weight is 269 g/mol. The molecule has 0 saturated heterocycles. The first-order chi connectivity index (χ1) is 8.67. The van der Waals surface area contributed by atoms with Crippen molar-refractivity contribution in [3.8, 4) is 0 Å². The molecule has 18 heavy (non-hydrogen) atoms. The van der Waals surface area contributed by atoms with Crippen LogP contribution in [0, 0.1) is 0 Å². The number of nitrogens with one attached hydrogen (secondary N) is 1. The van der Waals surface area contributed by atoms with Gasteiger partial charge in [-0.2, -0.15) is 0 Å². The first kappa shape index (κ1) is 13.1. The Morgan fingerprint density at radius 3 is 3.17 bits per heavy atom. The Morgan fingerprint density at radius 1 is 1.72 bits per heavy atom. The second-order valence-corrected chi connectivity index (χ2v) is 5.08. The summed E-state index contributed by atoms with van der Waals surface area (Å²) >= 11 is 1.51. The molecule has 1 unspecified atom stereocenters. The Bertz CT molecular complexity index is 511. The minimum atomic E-state index is -0.472. The van der Waals surface area contributed by atoms with E-state index in [4.69, 9.17) is 5.11 Å². The summed E-state index contributed by atoms with van der Waals surface area (Å²) in [7, 11) is 0. The van der Waals surface area contributed by atoms with Gasteiger partial charge in [0.2, 0.25) is 0 Å². The highest BCUT2D eigenvalue weighted by Gasteiger charge is 2.21. The van der Waals surface area contributed by atoms with Crippen LogP contribution in [0.15, 0.2) is 16.1 Å². The fourth-order valence-corrected chi connectivity index (χ4v) is 2.63. The summed E-state index contributed by atoms with van der Waals surface area (Å²) in [5.74, 6) is 0.335. The minimum Gasteiger partial charge on any atom is -0.394 e. The molecule has 1 atom stereocenters. The highest BCUT2D eigenvalue weighted by atomic mass is 32.2. The third-order valence-electron chi connectivity index (χ3n) is 2.85. The van der Waals surface area contributed by atoms with Gasteiger partial charge in [0.1, 0.15) is 5.56 Å². The van der Waals surface area contributed by atoms with Crippen LogP contribution in [0.25, 0.3) is 0 Å². The smallest absolute Gasteiger partial charge is 0.267 e. The summed E-state index contributed by atoms with van der Waals surface area (Å²) < 4.78 is 1.51. The Hall–Kier alpha value is -1.34. The SMILES string of the molecule is CCC(CO)NC(=O)c1cnc2n(c1=O)CCS2. The van der Waals surface area contributed by atoms with Crippen LogP contribution in [0.5, 0.6) is 0 Å². The van der Waals surface area contributed by atoms with Crippen molar-refractivity contribution in [1.29, 1.82) is 0 Å². The van der Waals surface area contributed by atoms with Crippen molar-refractivity contribution >= 4 is 17.7 Å². The number of rotatable bonds is 4. The Balaban J connectivity index is 2.24. The second-order valence-electron chi connectivity index (χ2n) is 4.02. The maximum atomic E-state index is 12.0. The van der Waals surface area contributed by atoms with E-state index in [0.717, 1.165) is 5.75 Å². The van der Waals surface area contributed by atoms with Gasteiger partial charge < -0.3 is 10.4 Å². The molecule has 2 N–H and O–H groups in total. The van der Waals surface area contributed by atoms with Gasteiger partial charge in [0.25, 0.3) is 11.5 Å². The van der Waals surface area contributed by atoms with Gasteiger partial charge in [-0.3, -0.25) is 14.2 Å². The number of hydrogen-bond donors (Lipinski definition) is 2. The fourth-order valence-electron chi connectivity index (χ4n) is 1.71. The monoisotopic (exact) mass is 269 g/mol. The van der Waals surface area contributed by atoms with E-state index < -0.39 is 5.91 Å². The van der Waals surface area contributed by atoms with E-state index in [1.165, 1.54) is 22.5 Å². The Labute approximate surface area is 108 Å². The molecule has 1 aliphatic rings. The Kier molecular flexibility index (Phi) is 4.03. The van der Waals surface area contributed by atoms with Crippen LogP contribution in [0.4, 0.5) is 0 Å². The van der Waals surface area contributed by atoms with Crippen molar-refractivity contribution in [3.05, 3.63) is 22.1 Å². The zero-order valence-corrected chi connectivity index (χ0v) is 10.9. The van der Waals surface area contributed by atoms with Crippen LogP contribution in [-0.4, -0.2) is 39.0 Å². The van der Waals surface area contributed by atoms with E-state index in [-0.39, 0.29) is 23.8 Å². The largest absolute Gasteiger partial charge is 0.394 e. The highest BCUT2D eigenvalue weighted by molar-refractivity contribution is 7.99. The van der Waals surface area contributed by atoms with Gasteiger partial charge in [-0.25, -0.2) is 4.98 Å². The normalized spacial score (nSPS) is 15.2. The number of aromatic nitrogens is 2. The highest BCUT2D eigenvalue weighted by Crippen LogP contribution is 2.20. The zero-order valence-electron chi connectivity index (χ0n) is 10.0. The molecule has 0 aromatic carbocycles. The lowest BCUT2D eigenvalue weighted by Crippen LogP contribution is -2.40. The van der Waals surface area contributed by atoms with Crippen LogP contribution in [0.1, 0.15) is 23.7 Å². The van der Waals surface area contributed by atoms with Gasteiger partial charge in [0, 0.05) is 18.5 Å². The number of carbonyl (C=O) groups excluding carboxylic acids is 1. The molecule has 0 fully saturated rings. The van der Waals surface area contributed by atoms with E-state index in [1.807, 2.05) is 6.92 Å². The molecular weight excluding hydrogens is 254 g/mol. The van der Waals surface area contributed by atoms with Crippen molar-refractivity contribution in [3.63, 3.8) is 0 Å². The molecule has 0 saturated carbocycles. The van der Waals surface area contributed by atoms with Gasteiger partial charge in [-0.15, -0.1) is 0 Å². The lowest BCUT2D eigenvalue weighted by Gasteiger charge is -2.13. The van der Waals surface area contributed by atoms with Gasteiger partial charge in [0.15, 0.2) is 5.16 Å². The molecule has 0 spiro atoms. The zero-order chi connectivity index (χ0) is 13.1. The molecule has 98 valence electrons. The molecule has 1 aliphatic heterocycles. The quantitative estimate of drug-likeness (QED) is 0.743. The number of amides is 1. The summed E-state index contributed by atoms with van der Waals surface area (Å²) in [5, 5.41) is 12.3. The third-order valence-corrected chi connectivity index (χ3v) is 3.82. The van der Waals surface area contributed by atoms with Crippen molar-refractivity contribution in [2.75, 3.05) is 12.4 Å². The molecule has 7 heteroatoms. The fraction of sp³-hybridized carbons (Fsp3) is 0.545. The van der Waals surface area contributed by atoms with Crippen molar-refractivity contribution < 1.29 is 9.90 Å². The predicted octanol–water partition coefficient (Wildman–Crippen LogP) is -0.150. The molecule has 2 heterocycles. The summed E-state index contributed by atoms with van der Waals surface area (Å²) in [6, 6.07) is -0.329. The predicted molar refractivity (Wildman–Crippen MR) is 67.9 cm³/mol. The number of fused-ring (bicyclic) bond motifs is 1. The first-order valence-electron chi connectivity index (χ1n) is 5.81. The van der Waals surface area contributed by atoms with Crippen LogP contribution < -0.4 is 10.9 Å². The van der Waals surface area contributed by atoms with Crippen molar-refractivity contribution in [2.24, 2.45) is 0 Å². The third kappa shape index (κ3) is 2.41. The van der Waals surface area contributed by atoms with E-state index in [9.17, 15) is 9.59 Å². The molecule has 0 aliphatic carbocycles. The number of aliphatic hydroxyl groups is 1. The van der Waals surface area contributed by atoms with Gasteiger partial charge in [0.05, 0.1) is 12.6 Å². The van der Waals surface area contributed by atoms with E-state index in [1.54, 1.807) is 0 Å². The minimum absolute atomic E-state index is 0.0353. The molecule has 2 rings (SSSR count). The molecule has 1 aromatic rings. The van der Waals surface area contributed by atoms with Crippen molar-refractivity contribution in [1.82, 2.24) is 14.9 Å². The molecule has 0 radical (unpaired) electrons. The Morgan fingerprint density at radius 2 is 2.50 bits per heavy atom. The topological polar surface area (TPSA) is 84.2 Å². The standard InChI is InChI=1S/C11H15N3O3S/c1-2-7(6-15)13-9(16)8-5-12-11-14(10(8)17)3-4-18-11/h5,7,15H,2-4,6H2,1H3,(H,13,16). The van der Waals surface area contributed by atoms with Crippen LogP contribution >= 0.6 is 11.8 Å².